The molecule has 1 N–H and O–H groups in total. The van der Waals surface area contributed by atoms with Crippen LogP contribution in [0.3, 0.4) is 0 Å². The molecule has 0 bridgehead atoms. The minimum absolute atomic E-state index is 0.791. The molecule has 106 valence electrons. The SMILES string of the molecule is CNCC1CCN(CCOc2ccc(C)cc2)CC1. The van der Waals surface area contributed by atoms with Gasteiger partial charge in [0.15, 0.2) is 0 Å². The molecule has 0 spiro atoms. The Morgan fingerprint density at radius 2 is 1.89 bits per heavy atom. The summed E-state index contributed by atoms with van der Waals surface area (Å²) in [5.74, 6) is 1.84. The second kappa shape index (κ2) is 7.51. The van der Waals surface area contributed by atoms with Gasteiger partial charge in [0, 0.05) is 6.54 Å². The zero-order valence-electron chi connectivity index (χ0n) is 12.2. The second-order valence-corrected chi connectivity index (χ2v) is 5.50. The standard InChI is InChI=1S/C16H26N2O/c1-14-3-5-16(6-4-14)19-12-11-18-9-7-15(8-10-18)13-17-2/h3-6,15,17H,7-13H2,1-2H3. The summed E-state index contributed by atoms with van der Waals surface area (Å²) >= 11 is 0. The average Bonchev–Trinajstić information content (AvgIpc) is 2.43. The monoisotopic (exact) mass is 262 g/mol. The summed E-state index contributed by atoms with van der Waals surface area (Å²) in [6, 6.07) is 8.29. The van der Waals surface area contributed by atoms with E-state index in [2.05, 4.69) is 41.4 Å². The van der Waals surface area contributed by atoms with Gasteiger partial charge in [0.2, 0.25) is 0 Å². The lowest BCUT2D eigenvalue weighted by Crippen LogP contribution is -2.38. The molecule has 3 heteroatoms. The third kappa shape index (κ3) is 4.84. The smallest absolute Gasteiger partial charge is 0.119 e. The van der Waals surface area contributed by atoms with Crippen LogP contribution >= 0.6 is 0 Å². The lowest BCUT2D eigenvalue weighted by atomic mass is 9.97. The van der Waals surface area contributed by atoms with Crippen LogP contribution in [0.1, 0.15) is 18.4 Å². The summed E-state index contributed by atoms with van der Waals surface area (Å²) in [7, 11) is 2.04. The van der Waals surface area contributed by atoms with Crippen LogP contribution in [0.5, 0.6) is 5.75 Å². The Balaban J connectivity index is 1.63. The van der Waals surface area contributed by atoms with Gasteiger partial charge in [-0.05, 0) is 64.5 Å². The number of rotatable bonds is 6. The molecule has 1 fully saturated rings. The van der Waals surface area contributed by atoms with Gasteiger partial charge in [-0.1, -0.05) is 17.7 Å². The van der Waals surface area contributed by atoms with E-state index in [0.717, 1.165) is 31.4 Å². The maximum atomic E-state index is 5.78. The highest BCUT2D eigenvalue weighted by Gasteiger charge is 2.17. The number of ether oxygens (including phenoxy) is 1. The Labute approximate surface area is 116 Å². The van der Waals surface area contributed by atoms with E-state index in [-0.39, 0.29) is 0 Å². The minimum Gasteiger partial charge on any atom is -0.492 e. The van der Waals surface area contributed by atoms with Crippen molar-refractivity contribution in [2.45, 2.75) is 19.8 Å². The zero-order chi connectivity index (χ0) is 13.5. The molecular formula is C16H26N2O. The molecule has 1 aromatic carbocycles. The Morgan fingerprint density at radius 1 is 1.21 bits per heavy atom. The highest BCUT2D eigenvalue weighted by Crippen LogP contribution is 2.16. The third-order valence-corrected chi connectivity index (χ3v) is 3.90. The van der Waals surface area contributed by atoms with E-state index in [9.17, 15) is 0 Å². The number of aryl methyl sites for hydroxylation is 1. The Morgan fingerprint density at radius 3 is 2.53 bits per heavy atom. The van der Waals surface area contributed by atoms with Crippen LogP contribution in [0, 0.1) is 12.8 Å². The van der Waals surface area contributed by atoms with Gasteiger partial charge < -0.3 is 10.1 Å². The van der Waals surface area contributed by atoms with E-state index in [4.69, 9.17) is 4.74 Å². The lowest BCUT2D eigenvalue weighted by Gasteiger charge is -2.31. The number of hydrogen-bond donors (Lipinski definition) is 1. The molecule has 0 aliphatic carbocycles. The van der Waals surface area contributed by atoms with Crippen molar-refractivity contribution in [2.24, 2.45) is 5.92 Å². The third-order valence-electron chi connectivity index (χ3n) is 3.90. The summed E-state index contributed by atoms with van der Waals surface area (Å²) in [6.07, 6.45) is 2.62. The fraction of sp³-hybridized carbons (Fsp3) is 0.625. The van der Waals surface area contributed by atoms with Gasteiger partial charge in [-0.2, -0.15) is 0 Å². The molecule has 1 saturated heterocycles. The van der Waals surface area contributed by atoms with E-state index < -0.39 is 0 Å². The number of benzene rings is 1. The van der Waals surface area contributed by atoms with Crippen molar-refractivity contribution in [1.29, 1.82) is 0 Å². The lowest BCUT2D eigenvalue weighted by molar-refractivity contribution is 0.155. The number of likely N-dealkylation sites (tertiary alicyclic amines) is 1. The predicted molar refractivity (Wildman–Crippen MR) is 79.8 cm³/mol. The van der Waals surface area contributed by atoms with Crippen LogP contribution in [-0.2, 0) is 0 Å². The highest BCUT2D eigenvalue weighted by atomic mass is 16.5. The van der Waals surface area contributed by atoms with Crippen LogP contribution in [0.4, 0.5) is 0 Å². The van der Waals surface area contributed by atoms with Gasteiger partial charge in [0.05, 0.1) is 0 Å². The van der Waals surface area contributed by atoms with Crippen molar-refractivity contribution in [3.05, 3.63) is 29.8 Å². The van der Waals surface area contributed by atoms with Gasteiger partial charge in [0.1, 0.15) is 12.4 Å². The van der Waals surface area contributed by atoms with Crippen molar-refractivity contribution < 1.29 is 4.74 Å². The first kappa shape index (κ1) is 14.4. The fourth-order valence-electron chi connectivity index (χ4n) is 2.63. The largest absolute Gasteiger partial charge is 0.492 e. The Kier molecular flexibility index (Phi) is 5.67. The fourth-order valence-corrected chi connectivity index (χ4v) is 2.63. The molecule has 1 aromatic rings. The molecule has 0 atom stereocenters. The quantitative estimate of drug-likeness (QED) is 0.851. The minimum atomic E-state index is 0.791. The van der Waals surface area contributed by atoms with Gasteiger partial charge in [-0.3, -0.25) is 4.90 Å². The van der Waals surface area contributed by atoms with E-state index >= 15 is 0 Å². The number of nitrogens with one attached hydrogen (secondary N) is 1. The molecule has 0 saturated carbocycles. The Hall–Kier alpha value is -1.06. The molecule has 1 aliphatic rings. The molecule has 19 heavy (non-hydrogen) atoms. The normalized spacial score (nSPS) is 17.6. The summed E-state index contributed by atoms with van der Waals surface area (Å²) in [6.45, 7) is 7.51. The molecule has 2 rings (SSSR count). The molecule has 1 heterocycles. The van der Waals surface area contributed by atoms with E-state index in [1.54, 1.807) is 0 Å². The highest BCUT2D eigenvalue weighted by molar-refractivity contribution is 5.26. The van der Waals surface area contributed by atoms with Crippen LogP contribution in [-0.4, -0.2) is 44.7 Å². The maximum Gasteiger partial charge on any atom is 0.119 e. The first-order valence-corrected chi connectivity index (χ1v) is 7.34. The first-order chi connectivity index (χ1) is 9.28. The van der Waals surface area contributed by atoms with Gasteiger partial charge in [-0.25, -0.2) is 0 Å². The van der Waals surface area contributed by atoms with Crippen LogP contribution < -0.4 is 10.1 Å². The van der Waals surface area contributed by atoms with Crippen LogP contribution in [0.2, 0.25) is 0 Å². The molecule has 0 amide bonds. The molecular weight excluding hydrogens is 236 g/mol. The Bertz CT molecular complexity index is 356. The molecule has 0 aromatic heterocycles. The summed E-state index contributed by atoms with van der Waals surface area (Å²) in [4.78, 5) is 2.51. The molecule has 3 nitrogen and oxygen atoms in total. The molecule has 0 radical (unpaired) electrons. The van der Waals surface area contributed by atoms with Crippen molar-refractivity contribution in [2.75, 3.05) is 39.8 Å². The van der Waals surface area contributed by atoms with Gasteiger partial charge in [0.25, 0.3) is 0 Å². The number of piperidine rings is 1. The number of nitrogens with zero attached hydrogens (tertiary/aromatic N) is 1. The first-order valence-electron chi connectivity index (χ1n) is 7.34. The summed E-state index contributed by atoms with van der Waals surface area (Å²) in [5, 5.41) is 3.28. The predicted octanol–water partition coefficient (Wildman–Crippen LogP) is 2.31. The maximum absolute atomic E-state index is 5.78. The topological polar surface area (TPSA) is 24.5 Å². The molecule has 0 unspecified atom stereocenters. The number of hydrogen-bond acceptors (Lipinski definition) is 3. The van der Waals surface area contributed by atoms with Crippen molar-refractivity contribution in [3.63, 3.8) is 0 Å². The van der Waals surface area contributed by atoms with Crippen molar-refractivity contribution in [3.8, 4) is 5.75 Å². The summed E-state index contributed by atoms with van der Waals surface area (Å²) < 4.78 is 5.78. The second-order valence-electron chi connectivity index (χ2n) is 5.50. The van der Waals surface area contributed by atoms with Crippen molar-refractivity contribution >= 4 is 0 Å². The van der Waals surface area contributed by atoms with E-state index in [1.807, 2.05) is 7.05 Å². The van der Waals surface area contributed by atoms with Crippen molar-refractivity contribution in [1.82, 2.24) is 10.2 Å². The van der Waals surface area contributed by atoms with Gasteiger partial charge in [-0.15, -0.1) is 0 Å². The molecule has 1 aliphatic heterocycles. The average molecular weight is 262 g/mol. The van der Waals surface area contributed by atoms with E-state index in [1.165, 1.54) is 31.5 Å². The summed E-state index contributed by atoms with van der Waals surface area (Å²) in [5.41, 5.74) is 1.28. The zero-order valence-corrected chi connectivity index (χ0v) is 12.2. The van der Waals surface area contributed by atoms with Crippen LogP contribution in [0.15, 0.2) is 24.3 Å². The van der Waals surface area contributed by atoms with Crippen LogP contribution in [0.25, 0.3) is 0 Å². The van der Waals surface area contributed by atoms with E-state index in [0.29, 0.717) is 0 Å². The van der Waals surface area contributed by atoms with Gasteiger partial charge >= 0.3 is 0 Å².